The van der Waals surface area contributed by atoms with Crippen molar-refractivity contribution in [2.45, 2.75) is 32.7 Å². The molecule has 1 aromatic carbocycles. The van der Waals surface area contributed by atoms with Gasteiger partial charge in [-0.2, -0.15) is 0 Å². The van der Waals surface area contributed by atoms with E-state index < -0.39 is 10.9 Å². The second-order valence-electron chi connectivity index (χ2n) is 4.35. The Morgan fingerprint density at radius 1 is 1.58 bits per heavy atom. The minimum atomic E-state index is -0.859. The maximum Gasteiger partial charge on any atom is 0.303 e. The fourth-order valence-corrected chi connectivity index (χ4v) is 2.22. The highest BCUT2D eigenvalue weighted by Gasteiger charge is 2.15. The molecule has 0 fully saturated rings. The van der Waals surface area contributed by atoms with E-state index >= 15 is 0 Å². The van der Waals surface area contributed by atoms with Crippen LogP contribution in [0, 0.1) is 17.0 Å². The minimum Gasteiger partial charge on any atom is -0.481 e. The van der Waals surface area contributed by atoms with Crippen molar-refractivity contribution in [2.75, 3.05) is 5.32 Å². The molecule has 1 aromatic rings. The Balaban J connectivity index is 2.85. The molecule has 6 nitrogen and oxygen atoms in total. The van der Waals surface area contributed by atoms with Gasteiger partial charge in [0.25, 0.3) is 5.69 Å². The normalized spacial score (nSPS) is 11.9. The molecule has 0 aliphatic carbocycles. The van der Waals surface area contributed by atoms with Crippen LogP contribution in [0.15, 0.2) is 16.6 Å². The van der Waals surface area contributed by atoms with E-state index in [0.717, 1.165) is 4.47 Å². The van der Waals surface area contributed by atoms with Gasteiger partial charge in [0, 0.05) is 28.6 Å². The van der Waals surface area contributed by atoms with Gasteiger partial charge in [-0.1, -0.05) is 0 Å². The van der Waals surface area contributed by atoms with Crippen LogP contribution in [0.2, 0.25) is 0 Å². The largest absolute Gasteiger partial charge is 0.481 e. The van der Waals surface area contributed by atoms with Crippen LogP contribution in [-0.4, -0.2) is 22.0 Å². The molecule has 104 valence electrons. The molecule has 0 amide bonds. The summed E-state index contributed by atoms with van der Waals surface area (Å²) in [7, 11) is 0. The molecular formula is C12H15BrN2O4. The molecule has 1 unspecified atom stereocenters. The van der Waals surface area contributed by atoms with E-state index in [1.165, 1.54) is 6.07 Å². The number of carboxylic acid groups (broad SMARTS) is 1. The van der Waals surface area contributed by atoms with Gasteiger partial charge in [0.05, 0.1) is 10.6 Å². The molecule has 2 N–H and O–H groups in total. The van der Waals surface area contributed by atoms with Gasteiger partial charge in [0.2, 0.25) is 0 Å². The van der Waals surface area contributed by atoms with Crippen LogP contribution in [0.5, 0.6) is 0 Å². The predicted molar refractivity (Wildman–Crippen MR) is 75.5 cm³/mol. The number of rotatable bonds is 6. The molecule has 0 spiro atoms. The maximum absolute atomic E-state index is 10.9. The first-order valence-electron chi connectivity index (χ1n) is 5.74. The fourth-order valence-electron chi connectivity index (χ4n) is 1.65. The zero-order valence-electron chi connectivity index (χ0n) is 10.6. The topological polar surface area (TPSA) is 92.5 Å². The van der Waals surface area contributed by atoms with Crippen LogP contribution in [0.3, 0.4) is 0 Å². The lowest BCUT2D eigenvalue weighted by atomic mass is 10.1. The Morgan fingerprint density at radius 2 is 2.21 bits per heavy atom. The van der Waals surface area contributed by atoms with Crippen molar-refractivity contribution in [1.29, 1.82) is 0 Å². The Bertz CT molecular complexity index is 505. The summed E-state index contributed by atoms with van der Waals surface area (Å²) in [4.78, 5) is 20.9. The first-order valence-corrected chi connectivity index (χ1v) is 6.53. The summed E-state index contributed by atoms with van der Waals surface area (Å²) in [5.41, 5.74) is 1.20. The molecule has 0 aliphatic heterocycles. The number of hydrogen-bond donors (Lipinski definition) is 2. The number of aryl methyl sites for hydroxylation is 1. The standard InChI is InChI=1S/C12H15BrN2O4/c1-7-5-9(13)10(6-11(7)15(18)19)14-8(2)3-4-12(16)17/h5-6,8,14H,3-4H2,1-2H3,(H,16,17). The molecule has 0 radical (unpaired) electrons. The predicted octanol–water partition coefficient (Wildman–Crippen LogP) is 3.33. The number of hydrogen-bond acceptors (Lipinski definition) is 4. The first kappa shape index (κ1) is 15.4. The third kappa shape index (κ3) is 4.51. The number of aliphatic carboxylic acids is 1. The van der Waals surface area contributed by atoms with Gasteiger partial charge in [0.1, 0.15) is 0 Å². The van der Waals surface area contributed by atoms with Crippen LogP contribution < -0.4 is 5.32 Å². The average molecular weight is 331 g/mol. The van der Waals surface area contributed by atoms with E-state index in [1.807, 2.05) is 6.92 Å². The summed E-state index contributed by atoms with van der Waals surface area (Å²) in [6.07, 6.45) is 0.503. The van der Waals surface area contributed by atoms with Crippen LogP contribution in [0.4, 0.5) is 11.4 Å². The van der Waals surface area contributed by atoms with Gasteiger partial charge >= 0.3 is 5.97 Å². The highest BCUT2D eigenvalue weighted by molar-refractivity contribution is 9.10. The molecule has 0 saturated heterocycles. The van der Waals surface area contributed by atoms with Crippen molar-refractivity contribution in [3.8, 4) is 0 Å². The second kappa shape index (κ2) is 6.51. The third-order valence-corrected chi connectivity index (χ3v) is 3.33. The molecule has 0 aromatic heterocycles. The molecule has 0 heterocycles. The molecule has 0 aliphatic rings. The smallest absolute Gasteiger partial charge is 0.303 e. The number of carboxylic acids is 1. The Hall–Kier alpha value is -1.63. The zero-order valence-corrected chi connectivity index (χ0v) is 12.2. The van der Waals surface area contributed by atoms with E-state index in [1.54, 1.807) is 13.0 Å². The molecular weight excluding hydrogens is 316 g/mol. The minimum absolute atomic E-state index is 0.0381. The van der Waals surface area contributed by atoms with Crippen LogP contribution in [0.1, 0.15) is 25.3 Å². The second-order valence-corrected chi connectivity index (χ2v) is 5.21. The Labute approximate surface area is 119 Å². The van der Waals surface area contributed by atoms with E-state index in [0.29, 0.717) is 17.7 Å². The number of nitrogens with one attached hydrogen (secondary N) is 1. The summed E-state index contributed by atoms with van der Waals surface area (Å²) in [6.45, 7) is 3.50. The first-order chi connectivity index (χ1) is 8.81. The summed E-state index contributed by atoms with van der Waals surface area (Å²) in [5, 5.41) is 22.6. The number of benzene rings is 1. The summed E-state index contributed by atoms with van der Waals surface area (Å²) < 4.78 is 0.720. The van der Waals surface area contributed by atoms with Gasteiger partial charge in [-0.05, 0) is 42.3 Å². The van der Waals surface area contributed by atoms with Crippen molar-refractivity contribution in [2.24, 2.45) is 0 Å². The molecule has 1 atom stereocenters. The molecule has 0 saturated carbocycles. The van der Waals surface area contributed by atoms with Crippen molar-refractivity contribution in [3.63, 3.8) is 0 Å². The van der Waals surface area contributed by atoms with Gasteiger partial charge < -0.3 is 10.4 Å². The van der Waals surface area contributed by atoms with E-state index in [-0.39, 0.29) is 18.2 Å². The quantitative estimate of drug-likeness (QED) is 0.616. The number of carbonyl (C=O) groups is 1. The number of nitro benzene ring substituents is 1. The number of nitrogens with zero attached hydrogens (tertiary/aromatic N) is 1. The molecule has 7 heteroatoms. The van der Waals surface area contributed by atoms with Gasteiger partial charge in [-0.25, -0.2) is 0 Å². The Morgan fingerprint density at radius 3 is 2.74 bits per heavy atom. The number of halogens is 1. The maximum atomic E-state index is 10.9. The van der Waals surface area contributed by atoms with E-state index in [9.17, 15) is 14.9 Å². The zero-order chi connectivity index (χ0) is 14.6. The van der Waals surface area contributed by atoms with Crippen LogP contribution in [0.25, 0.3) is 0 Å². The highest BCUT2D eigenvalue weighted by atomic mass is 79.9. The van der Waals surface area contributed by atoms with Crippen LogP contribution in [-0.2, 0) is 4.79 Å². The lowest BCUT2D eigenvalue weighted by Crippen LogP contribution is -2.17. The number of nitro groups is 1. The summed E-state index contributed by atoms with van der Waals surface area (Å²) in [5.74, 6) is -0.859. The van der Waals surface area contributed by atoms with Crippen molar-refractivity contribution in [1.82, 2.24) is 0 Å². The SMILES string of the molecule is Cc1cc(Br)c(NC(C)CCC(=O)O)cc1[N+](=O)[O-]. The fraction of sp³-hybridized carbons (Fsp3) is 0.417. The highest BCUT2D eigenvalue weighted by Crippen LogP contribution is 2.31. The summed E-state index contributed by atoms with van der Waals surface area (Å²) >= 11 is 3.34. The lowest BCUT2D eigenvalue weighted by Gasteiger charge is -2.16. The number of anilines is 1. The van der Waals surface area contributed by atoms with Gasteiger partial charge in [0.15, 0.2) is 0 Å². The summed E-state index contributed by atoms with van der Waals surface area (Å²) in [6, 6.07) is 3.04. The van der Waals surface area contributed by atoms with Gasteiger partial charge in [-0.15, -0.1) is 0 Å². The van der Waals surface area contributed by atoms with E-state index in [4.69, 9.17) is 5.11 Å². The molecule has 1 rings (SSSR count). The third-order valence-electron chi connectivity index (χ3n) is 2.68. The van der Waals surface area contributed by atoms with Crippen molar-refractivity contribution < 1.29 is 14.8 Å². The monoisotopic (exact) mass is 330 g/mol. The van der Waals surface area contributed by atoms with E-state index in [2.05, 4.69) is 21.2 Å². The Kier molecular flexibility index (Phi) is 5.29. The van der Waals surface area contributed by atoms with Gasteiger partial charge in [-0.3, -0.25) is 14.9 Å². The molecule has 0 bridgehead atoms. The van der Waals surface area contributed by atoms with Crippen molar-refractivity contribution in [3.05, 3.63) is 32.3 Å². The van der Waals surface area contributed by atoms with Crippen LogP contribution >= 0.6 is 15.9 Å². The van der Waals surface area contributed by atoms with Crippen molar-refractivity contribution >= 4 is 33.3 Å². The molecule has 19 heavy (non-hydrogen) atoms. The average Bonchev–Trinajstić information content (AvgIpc) is 2.29. The lowest BCUT2D eigenvalue weighted by molar-refractivity contribution is -0.385.